The summed E-state index contributed by atoms with van der Waals surface area (Å²) in [4.78, 5) is 25.9. The zero-order chi connectivity index (χ0) is 18.8. The molecule has 0 radical (unpaired) electrons. The maximum atomic E-state index is 12.5. The molecule has 134 valence electrons. The van der Waals surface area contributed by atoms with Crippen LogP contribution in [0.15, 0.2) is 67.0 Å². The predicted molar refractivity (Wildman–Crippen MR) is 101 cm³/mol. The van der Waals surface area contributed by atoms with Crippen molar-refractivity contribution in [1.29, 1.82) is 0 Å². The van der Waals surface area contributed by atoms with Crippen molar-refractivity contribution in [3.63, 3.8) is 0 Å². The number of nitrogens with zero attached hydrogens (tertiary/aromatic N) is 3. The lowest BCUT2D eigenvalue weighted by Gasteiger charge is -2.01. The number of aromatic amines is 1. The monoisotopic (exact) mass is 361 g/mol. The van der Waals surface area contributed by atoms with E-state index >= 15 is 0 Å². The normalized spacial score (nSPS) is 10.8. The van der Waals surface area contributed by atoms with Gasteiger partial charge < -0.3 is 10.3 Å². The second-order valence-electron chi connectivity index (χ2n) is 6.05. The summed E-state index contributed by atoms with van der Waals surface area (Å²) < 4.78 is 1.72. The lowest BCUT2D eigenvalue weighted by Crippen LogP contribution is -2.11. The number of benzene rings is 2. The number of H-pyrrole nitrogens is 1. The van der Waals surface area contributed by atoms with Crippen molar-refractivity contribution in [2.24, 2.45) is 0 Å². The number of nitrogens with one attached hydrogen (secondary N) is 2. The molecule has 4 aromatic rings. The van der Waals surface area contributed by atoms with Crippen molar-refractivity contribution in [3.05, 3.63) is 88.4 Å². The number of anilines is 1. The Hall–Kier alpha value is -3.94. The average molecular weight is 361 g/mol. The van der Waals surface area contributed by atoms with E-state index in [1.165, 1.54) is 6.07 Å². The van der Waals surface area contributed by atoms with Crippen molar-refractivity contribution in [2.45, 2.75) is 6.54 Å². The lowest BCUT2D eigenvalue weighted by atomic mass is 10.2. The number of fused-ring (bicyclic) bond motifs is 1. The summed E-state index contributed by atoms with van der Waals surface area (Å²) in [6.07, 6.45) is 3.29. The first kappa shape index (κ1) is 16.5. The highest BCUT2D eigenvalue weighted by molar-refractivity contribution is 6.06. The van der Waals surface area contributed by atoms with E-state index in [1.54, 1.807) is 35.3 Å². The van der Waals surface area contributed by atoms with E-state index in [2.05, 4.69) is 15.4 Å². The van der Waals surface area contributed by atoms with Crippen molar-refractivity contribution >= 4 is 28.2 Å². The van der Waals surface area contributed by atoms with Crippen LogP contribution in [0.5, 0.6) is 0 Å². The van der Waals surface area contributed by atoms with Gasteiger partial charge in [0, 0.05) is 17.6 Å². The molecule has 0 saturated carbocycles. The molecule has 0 atom stereocenters. The van der Waals surface area contributed by atoms with Crippen LogP contribution in [0.25, 0.3) is 10.9 Å². The second kappa shape index (κ2) is 6.75. The molecule has 2 N–H and O–H groups in total. The number of nitro groups is 1. The van der Waals surface area contributed by atoms with E-state index in [0.717, 1.165) is 5.56 Å². The molecule has 0 unspecified atom stereocenters. The van der Waals surface area contributed by atoms with Gasteiger partial charge in [-0.05, 0) is 11.6 Å². The number of para-hydroxylation sites is 1. The molecule has 0 aliphatic carbocycles. The van der Waals surface area contributed by atoms with E-state index in [-0.39, 0.29) is 17.3 Å². The fraction of sp³-hybridized carbons (Fsp3) is 0.0526. The molecule has 1 amide bonds. The summed E-state index contributed by atoms with van der Waals surface area (Å²) in [5, 5.41) is 18.7. The molecule has 0 aliphatic heterocycles. The molecule has 0 saturated heterocycles. The molecule has 0 spiro atoms. The van der Waals surface area contributed by atoms with E-state index in [4.69, 9.17) is 0 Å². The Morgan fingerprint density at radius 3 is 2.78 bits per heavy atom. The largest absolute Gasteiger partial charge is 0.345 e. The minimum Gasteiger partial charge on any atom is -0.345 e. The number of hydrogen-bond acceptors (Lipinski definition) is 4. The van der Waals surface area contributed by atoms with E-state index < -0.39 is 4.92 Å². The standard InChI is InChI=1S/C19H15N5O3/c25-19(16-9-14-7-4-8-17(24(26)27)18(14)22-16)21-15-10-20-23(12-15)11-13-5-2-1-3-6-13/h1-10,12,22H,11H2,(H,21,25). The average Bonchev–Trinajstić information content (AvgIpc) is 3.28. The number of carbonyl (C=O) groups is 1. The van der Waals surface area contributed by atoms with Crippen molar-refractivity contribution < 1.29 is 9.72 Å². The smallest absolute Gasteiger partial charge is 0.293 e. The zero-order valence-electron chi connectivity index (χ0n) is 14.1. The van der Waals surface area contributed by atoms with Gasteiger partial charge in [0.15, 0.2) is 0 Å². The van der Waals surface area contributed by atoms with E-state index in [9.17, 15) is 14.9 Å². The molecule has 0 aliphatic rings. The first-order valence-electron chi connectivity index (χ1n) is 8.24. The van der Waals surface area contributed by atoms with Gasteiger partial charge in [-0.1, -0.05) is 42.5 Å². The zero-order valence-corrected chi connectivity index (χ0v) is 14.1. The maximum absolute atomic E-state index is 12.5. The SMILES string of the molecule is O=C(Nc1cnn(Cc2ccccc2)c1)c1cc2cccc([N+](=O)[O-])c2[nH]1. The Balaban J connectivity index is 1.52. The van der Waals surface area contributed by atoms with Gasteiger partial charge in [-0.2, -0.15) is 5.10 Å². The molecule has 0 bridgehead atoms. The molecule has 8 heteroatoms. The summed E-state index contributed by atoms with van der Waals surface area (Å²) >= 11 is 0. The summed E-state index contributed by atoms with van der Waals surface area (Å²) in [5.41, 5.74) is 2.15. The van der Waals surface area contributed by atoms with Crippen LogP contribution in [0.3, 0.4) is 0 Å². The van der Waals surface area contributed by atoms with Crippen LogP contribution >= 0.6 is 0 Å². The van der Waals surface area contributed by atoms with Crippen LogP contribution in [0.1, 0.15) is 16.1 Å². The van der Waals surface area contributed by atoms with Gasteiger partial charge in [-0.15, -0.1) is 0 Å². The van der Waals surface area contributed by atoms with E-state index in [0.29, 0.717) is 23.1 Å². The summed E-state index contributed by atoms with van der Waals surface area (Å²) in [6.45, 7) is 0.593. The Morgan fingerprint density at radius 1 is 1.19 bits per heavy atom. The van der Waals surface area contributed by atoms with Crippen LogP contribution in [0.4, 0.5) is 11.4 Å². The molecular weight excluding hydrogens is 346 g/mol. The maximum Gasteiger partial charge on any atom is 0.293 e. The van der Waals surface area contributed by atoms with Gasteiger partial charge in [0.25, 0.3) is 11.6 Å². The first-order valence-corrected chi connectivity index (χ1v) is 8.24. The highest BCUT2D eigenvalue weighted by Crippen LogP contribution is 2.25. The van der Waals surface area contributed by atoms with Crippen LogP contribution in [-0.2, 0) is 6.54 Å². The quantitative estimate of drug-likeness (QED) is 0.418. The number of rotatable bonds is 5. The molecular formula is C19H15N5O3. The predicted octanol–water partition coefficient (Wildman–Crippen LogP) is 3.57. The molecule has 8 nitrogen and oxygen atoms in total. The highest BCUT2D eigenvalue weighted by Gasteiger charge is 2.17. The third-order valence-electron chi connectivity index (χ3n) is 4.15. The second-order valence-corrected chi connectivity index (χ2v) is 6.05. The van der Waals surface area contributed by atoms with Gasteiger partial charge in [0.05, 0.1) is 23.4 Å². The molecule has 2 aromatic carbocycles. The Labute approximate surface area is 153 Å². The molecule has 27 heavy (non-hydrogen) atoms. The number of carbonyl (C=O) groups excluding carboxylic acids is 1. The van der Waals surface area contributed by atoms with Crippen molar-refractivity contribution in [3.8, 4) is 0 Å². The van der Waals surface area contributed by atoms with E-state index in [1.807, 2.05) is 30.3 Å². The Bertz CT molecular complexity index is 1130. The third-order valence-corrected chi connectivity index (χ3v) is 4.15. The number of non-ortho nitro benzene ring substituents is 1. The first-order chi connectivity index (χ1) is 13.1. The minimum absolute atomic E-state index is 0.0674. The molecule has 0 fully saturated rings. The summed E-state index contributed by atoms with van der Waals surface area (Å²) in [6, 6.07) is 16.1. The van der Waals surface area contributed by atoms with Gasteiger partial charge in [0.1, 0.15) is 11.2 Å². The fourth-order valence-corrected chi connectivity index (χ4v) is 2.90. The van der Waals surface area contributed by atoms with Crippen molar-refractivity contribution in [2.75, 3.05) is 5.32 Å². The van der Waals surface area contributed by atoms with Gasteiger partial charge in [-0.3, -0.25) is 19.6 Å². The fourth-order valence-electron chi connectivity index (χ4n) is 2.90. The summed E-state index contributed by atoms with van der Waals surface area (Å²) in [7, 11) is 0. The number of nitro benzene ring substituents is 1. The topological polar surface area (TPSA) is 106 Å². The van der Waals surface area contributed by atoms with Crippen molar-refractivity contribution in [1.82, 2.24) is 14.8 Å². The van der Waals surface area contributed by atoms with Crippen LogP contribution in [-0.4, -0.2) is 25.6 Å². The third kappa shape index (κ3) is 3.40. The molecule has 2 heterocycles. The van der Waals surface area contributed by atoms with Crippen LogP contribution < -0.4 is 5.32 Å². The summed E-state index contributed by atoms with van der Waals surface area (Å²) in [5.74, 6) is -0.389. The Morgan fingerprint density at radius 2 is 2.00 bits per heavy atom. The van der Waals surface area contributed by atoms with Gasteiger partial charge in [0.2, 0.25) is 0 Å². The highest BCUT2D eigenvalue weighted by atomic mass is 16.6. The number of amides is 1. The minimum atomic E-state index is -0.478. The van der Waals surface area contributed by atoms with Crippen LogP contribution in [0, 0.1) is 10.1 Å². The Kier molecular flexibility index (Phi) is 4.13. The number of aromatic nitrogens is 3. The van der Waals surface area contributed by atoms with Gasteiger partial charge >= 0.3 is 0 Å². The molecule has 2 aromatic heterocycles. The lowest BCUT2D eigenvalue weighted by molar-refractivity contribution is -0.383. The van der Waals surface area contributed by atoms with Gasteiger partial charge in [-0.25, -0.2) is 0 Å². The molecule has 4 rings (SSSR count). The van der Waals surface area contributed by atoms with Crippen LogP contribution in [0.2, 0.25) is 0 Å². The number of hydrogen-bond donors (Lipinski definition) is 2.